The van der Waals surface area contributed by atoms with Crippen LogP contribution in [0.4, 0.5) is 30.5 Å². The number of nitrogens with zero attached hydrogens (tertiary/aromatic N) is 3. The molecule has 3 aromatic carbocycles. The summed E-state index contributed by atoms with van der Waals surface area (Å²) in [6, 6.07) is 19.4. The number of halogens is 3. The van der Waals surface area contributed by atoms with Gasteiger partial charge in [-0.05, 0) is 36.4 Å². The number of carbonyl (C=O) groups excluding carboxylic acids is 1. The molecule has 2 N–H and O–H groups in total. The molecule has 7 nitrogen and oxygen atoms in total. The number of carbonyl (C=O) groups is 1. The van der Waals surface area contributed by atoms with Gasteiger partial charge in [0.2, 0.25) is 5.95 Å². The van der Waals surface area contributed by atoms with Crippen molar-refractivity contribution in [1.82, 2.24) is 15.0 Å². The van der Waals surface area contributed by atoms with Crippen molar-refractivity contribution in [2.24, 2.45) is 4.99 Å². The molecular formula is C26H18F3N5O2. The van der Waals surface area contributed by atoms with Crippen LogP contribution in [-0.4, -0.2) is 33.7 Å². The Bertz CT molecular complexity index is 1560. The Morgan fingerprint density at radius 1 is 1.00 bits per heavy atom. The molecule has 5 aromatic rings. The normalized spacial score (nSPS) is 11.9. The quantitative estimate of drug-likeness (QED) is 0.212. The molecule has 0 aliphatic rings. The van der Waals surface area contributed by atoms with Crippen LogP contribution in [0.1, 0.15) is 15.9 Å². The Kier molecular flexibility index (Phi) is 6.07. The fraction of sp³-hybridized carbons (Fsp3) is 0.0769. The van der Waals surface area contributed by atoms with Gasteiger partial charge < -0.3 is 15.0 Å². The summed E-state index contributed by atoms with van der Waals surface area (Å²) in [5, 5.41) is 3.32. The smallest absolute Gasteiger partial charge is 0.418 e. The molecule has 0 aliphatic carbocycles. The van der Waals surface area contributed by atoms with E-state index in [1.165, 1.54) is 24.5 Å². The van der Waals surface area contributed by atoms with Gasteiger partial charge in [-0.1, -0.05) is 36.4 Å². The van der Waals surface area contributed by atoms with Crippen molar-refractivity contribution in [3.05, 3.63) is 90.1 Å². The number of hydrogen-bond acceptors (Lipinski definition) is 6. The zero-order valence-corrected chi connectivity index (χ0v) is 18.6. The monoisotopic (exact) mass is 489 g/mol. The Morgan fingerprint density at radius 3 is 2.64 bits per heavy atom. The summed E-state index contributed by atoms with van der Waals surface area (Å²) in [6.07, 6.45) is -1.84. The van der Waals surface area contributed by atoms with Crippen LogP contribution < -0.4 is 5.32 Å². The highest BCUT2D eigenvalue weighted by atomic mass is 19.4. The first-order chi connectivity index (χ1) is 17.4. The molecule has 0 spiro atoms. The number of alkyl halides is 3. The van der Waals surface area contributed by atoms with Crippen molar-refractivity contribution in [2.45, 2.75) is 6.18 Å². The molecule has 0 saturated heterocycles. The molecule has 0 bridgehead atoms. The molecule has 10 heteroatoms. The lowest BCUT2D eigenvalue weighted by atomic mass is 10.1. The van der Waals surface area contributed by atoms with Crippen LogP contribution in [0.5, 0.6) is 0 Å². The molecule has 0 atom stereocenters. The maximum absolute atomic E-state index is 13.4. The van der Waals surface area contributed by atoms with Gasteiger partial charge >= 0.3 is 12.1 Å². The first-order valence-corrected chi connectivity index (χ1v) is 10.9. The number of aliphatic imine (C=N–C) groups is 1. The number of aromatic amines is 1. The molecule has 180 valence electrons. The highest BCUT2D eigenvalue weighted by molar-refractivity contribution is 6.00. The molecule has 0 saturated carbocycles. The van der Waals surface area contributed by atoms with Gasteiger partial charge in [-0.25, -0.2) is 14.8 Å². The predicted octanol–water partition coefficient (Wildman–Crippen LogP) is 6.43. The fourth-order valence-electron chi connectivity index (χ4n) is 3.74. The van der Waals surface area contributed by atoms with E-state index in [4.69, 9.17) is 4.74 Å². The number of aromatic nitrogens is 3. The SMILES string of the molecule is O=C(OC/C=N/c1nc2ccccc2[nH]1)c1ccccc1Nc1ccnc2c(C(F)(F)F)cccc12. The molecule has 0 amide bonds. The number of para-hydroxylation sites is 4. The van der Waals surface area contributed by atoms with Crippen LogP contribution >= 0.6 is 0 Å². The third-order valence-corrected chi connectivity index (χ3v) is 5.37. The summed E-state index contributed by atoms with van der Waals surface area (Å²) >= 11 is 0. The van der Waals surface area contributed by atoms with Crippen molar-refractivity contribution in [1.29, 1.82) is 0 Å². The minimum Gasteiger partial charge on any atom is -0.456 e. The summed E-state index contributed by atoms with van der Waals surface area (Å²) < 4.78 is 45.6. The first-order valence-electron chi connectivity index (χ1n) is 10.9. The lowest BCUT2D eigenvalue weighted by molar-refractivity contribution is -0.136. The van der Waals surface area contributed by atoms with Crippen molar-refractivity contribution in [3.63, 3.8) is 0 Å². The van der Waals surface area contributed by atoms with Crippen LogP contribution in [0.15, 0.2) is 84.0 Å². The number of nitrogens with one attached hydrogen (secondary N) is 2. The van der Waals surface area contributed by atoms with Gasteiger partial charge in [0.25, 0.3) is 0 Å². The highest BCUT2D eigenvalue weighted by Crippen LogP contribution is 2.36. The second-order valence-corrected chi connectivity index (χ2v) is 7.72. The van der Waals surface area contributed by atoms with E-state index in [-0.39, 0.29) is 23.1 Å². The van der Waals surface area contributed by atoms with Crippen LogP contribution in [0.3, 0.4) is 0 Å². The van der Waals surface area contributed by atoms with Crippen LogP contribution in [0, 0.1) is 0 Å². The second-order valence-electron chi connectivity index (χ2n) is 7.72. The fourth-order valence-corrected chi connectivity index (χ4v) is 3.74. The molecule has 0 radical (unpaired) electrons. The first kappa shape index (κ1) is 23.0. The molecule has 2 aromatic heterocycles. The number of hydrogen-bond donors (Lipinski definition) is 2. The number of pyridine rings is 1. The summed E-state index contributed by atoms with van der Waals surface area (Å²) in [5.74, 6) is -0.236. The average Bonchev–Trinajstić information content (AvgIpc) is 3.29. The molecule has 0 unspecified atom stereocenters. The lowest BCUT2D eigenvalue weighted by Gasteiger charge is -2.15. The van der Waals surface area contributed by atoms with E-state index in [2.05, 4.69) is 25.3 Å². The van der Waals surface area contributed by atoms with Crippen molar-refractivity contribution in [3.8, 4) is 0 Å². The van der Waals surface area contributed by atoms with Gasteiger partial charge in [-0.2, -0.15) is 13.2 Å². The summed E-state index contributed by atoms with van der Waals surface area (Å²) in [4.78, 5) is 28.2. The third-order valence-electron chi connectivity index (χ3n) is 5.37. The zero-order valence-electron chi connectivity index (χ0n) is 18.6. The number of H-pyrrole nitrogens is 1. The summed E-state index contributed by atoms with van der Waals surface area (Å²) in [6.45, 7) is -0.0999. The number of imidazole rings is 1. The second kappa shape index (κ2) is 9.49. The number of fused-ring (bicyclic) bond motifs is 2. The van der Waals surface area contributed by atoms with E-state index >= 15 is 0 Å². The van der Waals surface area contributed by atoms with Crippen molar-refractivity contribution >= 4 is 51.4 Å². The lowest BCUT2D eigenvalue weighted by Crippen LogP contribution is -2.10. The molecule has 2 heterocycles. The van der Waals surface area contributed by atoms with Crippen molar-refractivity contribution in [2.75, 3.05) is 11.9 Å². The Morgan fingerprint density at radius 2 is 1.81 bits per heavy atom. The number of anilines is 2. The number of ether oxygens (including phenoxy) is 1. The summed E-state index contributed by atoms with van der Waals surface area (Å²) in [5.41, 5.74) is 1.56. The van der Waals surface area contributed by atoms with Gasteiger partial charge in [0, 0.05) is 23.5 Å². The highest BCUT2D eigenvalue weighted by Gasteiger charge is 2.33. The van der Waals surface area contributed by atoms with E-state index in [0.717, 1.165) is 17.1 Å². The minimum atomic E-state index is -4.54. The van der Waals surface area contributed by atoms with E-state index in [9.17, 15) is 18.0 Å². The molecular weight excluding hydrogens is 471 g/mol. The van der Waals surface area contributed by atoms with Crippen molar-refractivity contribution < 1.29 is 22.7 Å². The Balaban J connectivity index is 1.33. The standard InChI is InChI=1S/C26H18F3N5O2/c27-26(28,29)18-8-5-7-16-20(12-13-30-23(16)18)32-19-9-2-1-6-17(19)24(35)36-15-14-31-25-33-21-10-3-4-11-22(21)34-25/h1-14H,15H2,(H,30,32)(H,33,34)/b31-14+. The largest absolute Gasteiger partial charge is 0.456 e. The van der Waals surface area contributed by atoms with Crippen LogP contribution in [0.25, 0.3) is 21.9 Å². The third kappa shape index (κ3) is 4.74. The summed E-state index contributed by atoms with van der Waals surface area (Å²) in [7, 11) is 0. The maximum atomic E-state index is 13.4. The average molecular weight is 489 g/mol. The Hall–Kier alpha value is -4.73. The molecule has 36 heavy (non-hydrogen) atoms. The predicted molar refractivity (Wildman–Crippen MR) is 131 cm³/mol. The van der Waals surface area contributed by atoms with Gasteiger partial charge in [0.05, 0.1) is 33.4 Å². The molecule has 0 fully saturated rings. The van der Waals surface area contributed by atoms with Gasteiger partial charge in [0.15, 0.2) is 0 Å². The zero-order chi connectivity index (χ0) is 25.1. The molecule has 5 rings (SSSR count). The number of benzene rings is 3. The van der Waals surface area contributed by atoms with Gasteiger partial charge in [-0.3, -0.25) is 4.98 Å². The van der Waals surface area contributed by atoms with E-state index in [1.54, 1.807) is 30.3 Å². The Labute approximate surface area is 202 Å². The van der Waals surface area contributed by atoms with Crippen LogP contribution in [0.2, 0.25) is 0 Å². The maximum Gasteiger partial charge on any atom is 0.418 e. The van der Waals surface area contributed by atoms with Crippen LogP contribution in [-0.2, 0) is 10.9 Å². The van der Waals surface area contributed by atoms with E-state index in [0.29, 0.717) is 17.3 Å². The van der Waals surface area contributed by atoms with Gasteiger partial charge in [0.1, 0.15) is 6.61 Å². The van der Waals surface area contributed by atoms with E-state index in [1.807, 2.05) is 24.3 Å². The minimum absolute atomic E-state index is 0.0999. The number of esters is 1. The number of rotatable bonds is 6. The van der Waals surface area contributed by atoms with E-state index < -0.39 is 17.7 Å². The topological polar surface area (TPSA) is 92.3 Å². The van der Waals surface area contributed by atoms with Gasteiger partial charge in [-0.15, -0.1) is 0 Å². The molecule has 0 aliphatic heterocycles.